The van der Waals surface area contributed by atoms with Gasteiger partial charge in [0.2, 0.25) is 5.75 Å². The summed E-state index contributed by atoms with van der Waals surface area (Å²) >= 11 is 0. The van der Waals surface area contributed by atoms with Crippen LogP contribution in [-0.4, -0.2) is 58.4 Å². The summed E-state index contributed by atoms with van der Waals surface area (Å²) in [6.07, 6.45) is 0. The molecule has 0 spiro atoms. The second-order valence-electron chi connectivity index (χ2n) is 8.37. The van der Waals surface area contributed by atoms with Gasteiger partial charge in [-0.3, -0.25) is 4.79 Å². The number of carbonyl (C=O) groups excluding carboxylic acids is 1. The number of ether oxygens (including phenoxy) is 4. The number of amides is 1. The van der Waals surface area contributed by atoms with Gasteiger partial charge in [0.1, 0.15) is 6.61 Å². The molecule has 3 aromatic carbocycles. The fourth-order valence-electron chi connectivity index (χ4n) is 4.18. The Balaban J connectivity index is 1.53. The zero-order chi connectivity index (χ0) is 24.6. The summed E-state index contributed by atoms with van der Waals surface area (Å²) in [6, 6.07) is 21.5. The lowest BCUT2D eigenvalue weighted by Gasteiger charge is -2.31. The topological polar surface area (TPSA) is 60.5 Å². The molecule has 0 aromatic heterocycles. The summed E-state index contributed by atoms with van der Waals surface area (Å²) in [7, 11) is 4.92. The van der Waals surface area contributed by atoms with Gasteiger partial charge in [0, 0.05) is 37.9 Å². The molecule has 0 bridgehead atoms. The number of hydrogen-bond acceptors (Lipinski definition) is 6. The summed E-state index contributed by atoms with van der Waals surface area (Å²) in [6.45, 7) is 3.94. The Morgan fingerprint density at radius 3 is 2.23 bits per heavy atom. The number of para-hydroxylation sites is 1. The monoisotopic (exact) mass is 476 g/mol. The van der Waals surface area contributed by atoms with Crippen molar-refractivity contribution >= 4 is 11.6 Å². The van der Waals surface area contributed by atoms with Crippen LogP contribution < -0.4 is 19.1 Å². The molecule has 1 aliphatic heterocycles. The van der Waals surface area contributed by atoms with Gasteiger partial charge in [0.05, 0.1) is 27.4 Å². The van der Waals surface area contributed by atoms with Crippen LogP contribution in [0.4, 0.5) is 5.69 Å². The number of methoxy groups -OCH3 is 2. The number of morpholine rings is 1. The van der Waals surface area contributed by atoms with Crippen molar-refractivity contribution in [3.8, 4) is 17.2 Å². The van der Waals surface area contributed by atoms with Crippen molar-refractivity contribution in [3.63, 3.8) is 0 Å². The van der Waals surface area contributed by atoms with Crippen molar-refractivity contribution in [2.45, 2.75) is 13.2 Å². The minimum absolute atomic E-state index is 0.131. The molecule has 1 amide bonds. The standard InChI is InChI=1S/C28H32N2O5/c1-29(19-22-11-7-8-12-24(22)30-13-15-34-16-14-30)28(31)23-17-25(32-2)27(26(18-23)33-3)35-20-21-9-5-4-6-10-21/h4-12,17-18H,13-16,19-20H2,1-3H3. The Morgan fingerprint density at radius 1 is 0.943 bits per heavy atom. The van der Waals surface area contributed by atoms with Crippen molar-refractivity contribution in [2.75, 3.05) is 52.5 Å². The molecule has 1 heterocycles. The molecule has 0 atom stereocenters. The van der Waals surface area contributed by atoms with Crippen molar-refractivity contribution < 1.29 is 23.7 Å². The van der Waals surface area contributed by atoms with Crippen LogP contribution in [0.1, 0.15) is 21.5 Å². The summed E-state index contributed by atoms with van der Waals surface area (Å²) in [5, 5.41) is 0. The minimum Gasteiger partial charge on any atom is -0.493 e. The normalized spacial score (nSPS) is 13.3. The number of carbonyl (C=O) groups is 1. The maximum Gasteiger partial charge on any atom is 0.254 e. The Morgan fingerprint density at radius 2 is 1.57 bits per heavy atom. The zero-order valence-electron chi connectivity index (χ0n) is 20.5. The number of anilines is 1. The van der Waals surface area contributed by atoms with Crippen LogP contribution in [0.5, 0.6) is 17.2 Å². The minimum atomic E-state index is -0.131. The first-order valence-electron chi connectivity index (χ1n) is 11.7. The molecule has 7 heteroatoms. The maximum absolute atomic E-state index is 13.4. The smallest absolute Gasteiger partial charge is 0.254 e. The molecular formula is C28H32N2O5. The van der Waals surface area contributed by atoms with Crippen molar-refractivity contribution in [2.24, 2.45) is 0 Å². The average molecular weight is 477 g/mol. The van der Waals surface area contributed by atoms with Crippen LogP contribution in [-0.2, 0) is 17.9 Å². The molecule has 0 saturated carbocycles. The van der Waals surface area contributed by atoms with Crippen LogP contribution in [0.2, 0.25) is 0 Å². The molecule has 35 heavy (non-hydrogen) atoms. The molecule has 0 radical (unpaired) electrons. The number of rotatable bonds is 9. The fraction of sp³-hybridized carbons (Fsp3) is 0.321. The molecule has 7 nitrogen and oxygen atoms in total. The highest BCUT2D eigenvalue weighted by molar-refractivity contribution is 5.95. The molecular weight excluding hydrogens is 444 g/mol. The van der Waals surface area contributed by atoms with Crippen LogP contribution in [0.15, 0.2) is 66.7 Å². The van der Waals surface area contributed by atoms with Crippen molar-refractivity contribution in [1.29, 1.82) is 0 Å². The summed E-state index contributed by atoms with van der Waals surface area (Å²) in [5.74, 6) is 1.24. The van der Waals surface area contributed by atoms with E-state index in [0.29, 0.717) is 49.2 Å². The van der Waals surface area contributed by atoms with Gasteiger partial charge >= 0.3 is 0 Å². The summed E-state index contributed by atoms with van der Waals surface area (Å²) in [4.78, 5) is 17.4. The molecule has 1 aliphatic rings. The van der Waals surface area contributed by atoms with Gasteiger partial charge in [0.25, 0.3) is 5.91 Å². The lowest BCUT2D eigenvalue weighted by Crippen LogP contribution is -2.37. The highest BCUT2D eigenvalue weighted by atomic mass is 16.5. The largest absolute Gasteiger partial charge is 0.493 e. The van der Waals surface area contributed by atoms with Crippen molar-refractivity contribution in [3.05, 3.63) is 83.4 Å². The average Bonchev–Trinajstić information content (AvgIpc) is 2.92. The van der Waals surface area contributed by atoms with E-state index >= 15 is 0 Å². The van der Waals surface area contributed by atoms with Gasteiger partial charge in [-0.05, 0) is 29.3 Å². The first-order chi connectivity index (χ1) is 17.1. The van der Waals surface area contributed by atoms with Crippen molar-refractivity contribution in [1.82, 2.24) is 4.90 Å². The van der Waals surface area contributed by atoms with Gasteiger partial charge in [-0.1, -0.05) is 48.5 Å². The molecule has 184 valence electrons. The first-order valence-corrected chi connectivity index (χ1v) is 11.7. The van der Waals surface area contributed by atoms with Crippen LogP contribution in [0.25, 0.3) is 0 Å². The maximum atomic E-state index is 13.4. The second kappa shape index (κ2) is 11.6. The summed E-state index contributed by atoms with van der Waals surface area (Å²) < 4.78 is 22.7. The Hall–Kier alpha value is -3.71. The summed E-state index contributed by atoms with van der Waals surface area (Å²) in [5.41, 5.74) is 3.72. The number of benzene rings is 3. The van der Waals surface area contributed by atoms with E-state index < -0.39 is 0 Å². The SMILES string of the molecule is COc1cc(C(=O)N(C)Cc2ccccc2N2CCOCC2)cc(OC)c1OCc1ccccc1. The fourth-order valence-corrected chi connectivity index (χ4v) is 4.18. The van der Waals surface area contributed by atoms with E-state index in [9.17, 15) is 4.79 Å². The van der Waals surface area contributed by atoms with Crippen LogP contribution in [0, 0.1) is 0 Å². The predicted octanol–water partition coefficient (Wildman–Crippen LogP) is 4.39. The van der Waals surface area contributed by atoms with E-state index in [2.05, 4.69) is 17.0 Å². The highest BCUT2D eigenvalue weighted by Crippen LogP contribution is 2.39. The molecule has 3 aromatic rings. The van der Waals surface area contributed by atoms with E-state index in [0.717, 1.165) is 29.9 Å². The third-order valence-corrected chi connectivity index (χ3v) is 6.03. The van der Waals surface area contributed by atoms with E-state index in [1.807, 2.05) is 42.5 Å². The third-order valence-electron chi connectivity index (χ3n) is 6.03. The third kappa shape index (κ3) is 5.87. The van der Waals surface area contributed by atoms with E-state index in [4.69, 9.17) is 18.9 Å². The van der Waals surface area contributed by atoms with E-state index in [1.165, 1.54) is 0 Å². The Labute approximate surface area is 206 Å². The Kier molecular flexibility index (Phi) is 8.11. The molecule has 4 rings (SSSR count). The van der Waals surface area contributed by atoms with Gasteiger partial charge in [-0.25, -0.2) is 0 Å². The zero-order valence-corrected chi connectivity index (χ0v) is 20.5. The predicted molar refractivity (Wildman–Crippen MR) is 136 cm³/mol. The van der Waals surface area contributed by atoms with Crippen LogP contribution in [0.3, 0.4) is 0 Å². The van der Waals surface area contributed by atoms with Gasteiger partial charge in [-0.2, -0.15) is 0 Å². The molecule has 1 saturated heterocycles. The highest BCUT2D eigenvalue weighted by Gasteiger charge is 2.22. The molecule has 0 unspecified atom stereocenters. The number of nitrogens with zero attached hydrogens (tertiary/aromatic N) is 2. The lowest BCUT2D eigenvalue weighted by molar-refractivity contribution is 0.0784. The second-order valence-corrected chi connectivity index (χ2v) is 8.37. The lowest BCUT2D eigenvalue weighted by atomic mass is 10.1. The Bertz CT molecular complexity index is 1100. The van der Waals surface area contributed by atoms with Gasteiger partial charge < -0.3 is 28.7 Å². The molecule has 1 fully saturated rings. The molecule has 0 aliphatic carbocycles. The first kappa shape index (κ1) is 24.4. The van der Waals surface area contributed by atoms with Gasteiger partial charge in [0.15, 0.2) is 11.5 Å². The molecule has 0 N–H and O–H groups in total. The van der Waals surface area contributed by atoms with E-state index in [-0.39, 0.29) is 5.91 Å². The van der Waals surface area contributed by atoms with E-state index in [1.54, 1.807) is 38.3 Å². The van der Waals surface area contributed by atoms with Crippen LogP contribution >= 0.6 is 0 Å². The van der Waals surface area contributed by atoms with Gasteiger partial charge in [-0.15, -0.1) is 0 Å². The number of hydrogen-bond donors (Lipinski definition) is 0. The quantitative estimate of drug-likeness (QED) is 0.457.